The Labute approximate surface area is 83.4 Å². The third-order valence-corrected chi connectivity index (χ3v) is 1.38. The van der Waals surface area contributed by atoms with Crippen molar-refractivity contribution in [1.82, 2.24) is 0 Å². The van der Waals surface area contributed by atoms with E-state index in [-0.39, 0.29) is 12.4 Å². The van der Waals surface area contributed by atoms with Gasteiger partial charge in [-0.3, -0.25) is 4.79 Å². The van der Waals surface area contributed by atoms with Gasteiger partial charge < -0.3 is 9.47 Å². The fraction of sp³-hybridized carbons (Fsp3) is 0.222. The molecule has 0 atom stereocenters. The molecule has 0 unspecified atom stereocenters. The van der Waals surface area contributed by atoms with Crippen molar-refractivity contribution >= 4 is 6.29 Å². The van der Waals surface area contributed by atoms with Crippen LogP contribution in [0.5, 0.6) is 11.5 Å². The van der Waals surface area contributed by atoms with Crippen LogP contribution in [0.4, 0.5) is 13.2 Å². The fourth-order valence-electron chi connectivity index (χ4n) is 0.902. The maximum atomic E-state index is 11.9. The monoisotopic (exact) mass is 220 g/mol. The Morgan fingerprint density at radius 3 is 2.33 bits per heavy atom. The Bertz CT molecular complexity index is 336. The molecule has 0 saturated heterocycles. The average Bonchev–Trinajstić information content (AvgIpc) is 2.14. The number of carbonyl (C=O) groups is 1. The SMILES string of the molecule is O=CCOc1ccccc1OC(F)(F)F. The van der Waals surface area contributed by atoms with Crippen molar-refractivity contribution in [2.75, 3.05) is 6.61 Å². The third-order valence-electron chi connectivity index (χ3n) is 1.38. The average molecular weight is 220 g/mol. The number of aldehydes is 1. The minimum Gasteiger partial charge on any atom is -0.482 e. The van der Waals surface area contributed by atoms with E-state index in [2.05, 4.69) is 4.74 Å². The molecule has 0 radical (unpaired) electrons. The molecule has 0 aliphatic heterocycles. The van der Waals surface area contributed by atoms with Gasteiger partial charge in [0, 0.05) is 0 Å². The van der Waals surface area contributed by atoms with Gasteiger partial charge in [0.15, 0.2) is 17.8 Å². The molecular formula is C9H7F3O3. The lowest BCUT2D eigenvalue weighted by atomic mass is 10.3. The molecule has 6 heteroatoms. The highest BCUT2D eigenvalue weighted by molar-refractivity contribution is 5.52. The minimum atomic E-state index is -4.78. The van der Waals surface area contributed by atoms with Gasteiger partial charge in [-0.2, -0.15) is 0 Å². The Kier molecular flexibility index (Phi) is 3.54. The van der Waals surface area contributed by atoms with E-state index < -0.39 is 12.1 Å². The molecule has 82 valence electrons. The maximum Gasteiger partial charge on any atom is 0.573 e. The van der Waals surface area contributed by atoms with Gasteiger partial charge in [-0.05, 0) is 12.1 Å². The van der Waals surface area contributed by atoms with Crippen molar-refractivity contribution in [2.45, 2.75) is 6.36 Å². The smallest absolute Gasteiger partial charge is 0.482 e. The molecule has 0 aromatic heterocycles. The molecule has 0 spiro atoms. The van der Waals surface area contributed by atoms with E-state index in [0.29, 0.717) is 6.29 Å². The Hall–Kier alpha value is -1.72. The fourth-order valence-corrected chi connectivity index (χ4v) is 0.902. The van der Waals surface area contributed by atoms with E-state index >= 15 is 0 Å². The van der Waals surface area contributed by atoms with Crippen LogP contribution in [0.2, 0.25) is 0 Å². The van der Waals surface area contributed by atoms with Crippen LogP contribution in [0.1, 0.15) is 0 Å². The predicted octanol–water partition coefficient (Wildman–Crippen LogP) is 2.16. The second kappa shape index (κ2) is 4.68. The summed E-state index contributed by atoms with van der Waals surface area (Å²) in [4.78, 5) is 9.99. The molecule has 3 nitrogen and oxygen atoms in total. The number of halogens is 3. The number of rotatable bonds is 4. The second-order valence-corrected chi connectivity index (χ2v) is 2.47. The topological polar surface area (TPSA) is 35.5 Å². The Balaban J connectivity index is 2.81. The van der Waals surface area contributed by atoms with Gasteiger partial charge in [0.25, 0.3) is 0 Å². The predicted molar refractivity (Wildman–Crippen MR) is 44.7 cm³/mol. The number of benzene rings is 1. The zero-order chi connectivity index (χ0) is 11.3. The first-order valence-corrected chi connectivity index (χ1v) is 3.94. The van der Waals surface area contributed by atoms with E-state index in [1.165, 1.54) is 18.2 Å². The van der Waals surface area contributed by atoms with Crippen molar-refractivity contribution in [3.63, 3.8) is 0 Å². The third kappa shape index (κ3) is 3.88. The lowest BCUT2D eigenvalue weighted by molar-refractivity contribution is -0.275. The molecular weight excluding hydrogens is 213 g/mol. The summed E-state index contributed by atoms with van der Waals surface area (Å²) in [6.07, 6.45) is -4.34. The summed E-state index contributed by atoms with van der Waals surface area (Å²) in [7, 11) is 0. The number of hydrogen-bond donors (Lipinski definition) is 0. The van der Waals surface area contributed by atoms with Crippen LogP contribution in [0.3, 0.4) is 0 Å². The highest BCUT2D eigenvalue weighted by Gasteiger charge is 2.32. The van der Waals surface area contributed by atoms with Crippen molar-refractivity contribution in [1.29, 1.82) is 0 Å². The number of carbonyl (C=O) groups excluding carboxylic acids is 1. The van der Waals surface area contributed by atoms with Crippen LogP contribution in [0.15, 0.2) is 24.3 Å². The van der Waals surface area contributed by atoms with Crippen LogP contribution >= 0.6 is 0 Å². The molecule has 1 rings (SSSR count). The zero-order valence-corrected chi connectivity index (χ0v) is 7.45. The van der Waals surface area contributed by atoms with Gasteiger partial charge in [-0.1, -0.05) is 12.1 Å². The Morgan fingerprint density at radius 2 is 1.80 bits per heavy atom. The first kappa shape index (κ1) is 11.4. The number of para-hydroxylation sites is 2. The first-order valence-electron chi connectivity index (χ1n) is 3.94. The lowest BCUT2D eigenvalue weighted by Crippen LogP contribution is -2.17. The minimum absolute atomic E-state index is 0.123. The molecule has 0 amide bonds. The summed E-state index contributed by atoms with van der Waals surface area (Å²) in [5, 5.41) is 0. The van der Waals surface area contributed by atoms with Crippen LogP contribution in [0, 0.1) is 0 Å². The standard InChI is InChI=1S/C9H7F3O3/c10-9(11,12)15-8-4-2-1-3-7(8)14-6-5-13/h1-5H,6H2. The number of ether oxygens (including phenoxy) is 2. The van der Waals surface area contributed by atoms with Crippen LogP contribution in [0.25, 0.3) is 0 Å². The van der Waals surface area contributed by atoms with Gasteiger partial charge in [-0.15, -0.1) is 13.2 Å². The highest BCUT2D eigenvalue weighted by Crippen LogP contribution is 2.31. The van der Waals surface area contributed by atoms with Crippen LogP contribution < -0.4 is 9.47 Å². The van der Waals surface area contributed by atoms with Crippen molar-refractivity contribution in [2.24, 2.45) is 0 Å². The molecule has 15 heavy (non-hydrogen) atoms. The molecule has 0 bridgehead atoms. The molecule has 0 N–H and O–H groups in total. The van der Waals surface area contributed by atoms with Gasteiger partial charge in [0.1, 0.15) is 6.61 Å². The molecule has 0 aliphatic carbocycles. The van der Waals surface area contributed by atoms with Crippen molar-refractivity contribution in [3.05, 3.63) is 24.3 Å². The summed E-state index contributed by atoms with van der Waals surface area (Å²) in [6, 6.07) is 5.23. The van der Waals surface area contributed by atoms with Gasteiger partial charge >= 0.3 is 6.36 Å². The van der Waals surface area contributed by atoms with Gasteiger partial charge in [0.2, 0.25) is 0 Å². The summed E-state index contributed by atoms with van der Waals surface area (Å²) >= 11 is 0. The van der Waals surface area contributed by atoms with Crippen LogP contribution in [-0.2, 0) is 4.79 Å². The van der Waals surface area contributed by atoms with Gasteiger partial charge in [0.05, 0.1) is 0 Å². The first-order chi connectivity index (χ1) is 7.03. The van der Waals surface area contributed by atoms with Crippen molar-refractivity contribution in [3.8, 4) is 11.5 Å². The number of alkyl halides is 3. The summed E-state index contributed by atoms with van der Waals surface area (Å²) < 4.78 is 44.1. The van der Waals surface area contributed by atoms with E-state index in [1.807, 2.05) is 0 Å². The number of hydrogen-bond acceptors (Lipinski definition) is 3. The Morgan fingerprint density at radius 1 is 1.20 bits per heavy atom. The van der Waals surface area contributed by atoms with E-state index in [4.69, 9.17) is 4.74 Å². The second-order valence-electron chi connectivity index (χ2n) is 2.47. The lowest BCUT2D eigenvalue weighted by Gasteiger charge is -2.12. The summed E-state index contributed by atoms with van der Waals surface area (Å²) in [5.74, 6) is -0.589. The van der Waals surface area contributed by atoms with Crippen LogP contribution in [-0.4, -0.2) is 19.3 Å². The molecule has 1 aromatic rings. The maximum absolute atomic E-state index is 11.9. The summed E-state index contributed by atoms with van der Waals surface area (Å²) in [6.45, 7) is -0.321. The van der Waals surface area contributed by atoms with E-state index in [1.54, 1.807) is 0 Å². The molecule has 1 aromatic carbocycles. The van der Waals surface area contributed by atoms with E-state index in [9.17, 15) is 18.0 Å². The summed E-state index contributed by atoms with van der Waals surface area (Å²) in [5.41, 5.74) is 0. The van der Waals surface area contributed by atoms with E-state index in [0.717, 1.165) is 6.07 Å². The largest absolute Gasteiger partial charge is 0.573 e. The van der Waals surface area contributed by atoms with Crippen molar-refractivity contribution < 1.29 is 27.4 Å². The molecule has 0 aliphatic rings. The van der Waals surface area contributed by atoms with Gasteiger partial charge in [-0.25, -0.2) is 0 Å². The molecule has 0 fully saturated rings. The molecule has 0 heterocycles. The normalized spacial score (nSPS) is 10.9. The molecule has 0 saturated carbocycles. The quantitative estimate of drug-likeness (QED) is 0.729. The highest BCUT2D eigenvalue weighted by atomic mass is 19.4. The zero-order valence-electron chi connectivity index (χ0n) is 7.45.